The molecular formula is C15H16O2. The molecule has 0 atom stereocenters. The molecule has 0 saturated heterocycles. The molecule has 0 amide bonds. The first-order valence-corrected chi connectivity index (χ1v) is 5.67. The highest BCUT2D eigenvalue weighted by atomic mass is 16.3. The molecule has 1 heterocycles. The van der Waals surface area contributed by atoms with E-state index in [0.717, 1.165) is 16.7 Å². The predicted octanol–water partition coefficient (Wildman–Crippen LogP) is 3.74. The fourth-order valence-corrected chi connectivity index (χ4v) is 2.29. The second kappa shape index (κ2) is 4.21. The zero-order valence-corrected chi connectivity index (χ0v) is 10.6. The monoisotopic (exact) mass is 228 g/mol. The van der Waals surface area contributed by atoms with Gasteiger partial charge in [-0.3, -0.25) is 4.79 Å². The molecule has 17 heavy (non-hydrogen) atoms. The van der Waals surface area contributed by atoms with Gasteiger partial charge in [0, 0.05) is 5.56 Å². The summed E-state index contributed by atoms with van der Waals surface area (Å²) in [6, 6.07) is 5.81. The average Bonchev–Trinajstić information content (AvgIpc) is 2.62. The Morgan fingerprint density at radius 1 is 1.06 bits per heavy atom. The van der Waals surface area contributed by atoms with E-state index in [-0.39, 0.29) is 5.78 Å². The van der Waals surface area contributed by atoms with Gasteiger partial charge >= 0.3 is 0 Å². The maximum absolute atomic E-state index is 12.4. The van der Waals surface area contributed by atoms with Gasteiger partial charge in [-0.2, -0.15) is 0 Å². The van der Waals surface area contributed by atoms with Crippen LogP contribution in [0.5, 0.6) is 0 Å². The van der Waals surface area contributed by atoms with Crippen LogP contribution in [-0.4, -0.2) is 5.78 Å². The summed E-state index contributed by atoms with van der Waals surface area (Å²) < 4.78 is 5.19. The topological polar surface area (TPSA) is 30.2 Å². The van der Waals surface area contributed by atoms with Crippen molar-refractivity contribution >= 4 is 5.78 Å². The average molecular weight is 228 g/mol. The third kappa shape index (κ3) is 2.03. The number of ketones is 1. The zero-order valence-electron chi connectivity index (χ0n) is 10.6. The number of furan rings is 1. The van der Waals surface area contributed by atoms with Gasteiger partial charge in [0.1, 0.15) is 5.76 Å². The van der Waals surface area contributed by atoms with E-state index in [1.807, 2.05) is 39.8 Å². The molecule has 0 bridgehead atoms. The van der Waals surface area contributed by atoms with Crippen LogP contribution in [0.4, 0.5) is 0 Å². The smallest absolute Gasteiger partial charge is 0.197 e. The van der Waals surface area contributed by atoms with E-state index in [9.17, 15) is 4.79 Å². The number of carbonyl (C=O) groups is 1. The minimum atomic E-state index is 0.0475. The first kappa shape index (κ1) is 11.6. The molecule has 88 valence electrons. The lowest BCUT2D eigenvalue weighted by Crippen LogP contribution is -2.07. The maximum atomic E-state index is 12.4. The van der Waals surface area contributed by atoms with Gasteiger partial charge < -0.3 is 4.42 Å². The number of aryl methyl sites for hydroxylation is 4. The third-order valence-corrected chi connectivity index (χ3v) is 3.01. The predicted molar refractivity (Wildman–Crippen MR) is 67.5 cm³/mol. The molecule has 0 fully saturated rings. The van der Waals surface area contributed by atoms with Crippen molar-refractivity contribution in [3.63, 3.8) is 0 Å². The van der Waals surface area contributed by atoms with Crippen LogP contribution in [0.25, 0.3) is 0 Å². The number of hydrogen-bond donors (Lipinski definition) is 0. The summed E-state index contributed by atoms with van der Waals surface area (Å²) >= 11 is 0. The summed E-state index contributed by atoms with van der Waals surface area (Å²) in [5, 5.41) is 0. The van der Waals surface area contributed by atoms with Crippen LogP contribution in [0.15, 0.2) is 28.9 Å². The van der Waals surface area contributed by atoms with Gasteiger partial charge in [-0.15, -0.1) is 0 Å². The normalized spacial score (nSPS) is 10.6. The number of rotatable bonds is 2. The van der Waals surface area contributed by atoms with Gasteiger partial charge in [-0.05, 0) is 44.9 Å². The lowest BCUT2D eigenvalue weighted by atomic mass is 9.93. The Hall–Kier alpha value is -1.83. The SMILES string of the molecule is Cc1cc(C)c(C(=O)c2ccoc2C)c(C)c1. The zero-order chi connectivity index (χ0) is 12.6. The van der Waals surface area contributed by atoms with E-state index in [0.29, 0.717) is 11.3 Å². The van der Waals surface area contributed by atoms with E-state index < -0.39 is 0 Å². The highest BCUT2D eigenvalue weighted by Gasteiger charge is 2.18. The van der Waals surface area contributed by atoms with E-state index in [1.165, 1.54) is 5.56 Å². The molecule has 0 aliphatic heterocycles. The minimum absolute atomic E-state index is 0.0475. The summed E-state index contributed by atoms with van der Waals surface area (Å²) in [6.45, 7) is 7.80. The van der Waals surface area contributed by atoms with Crippen LogP contribution < -0.4 is 0 Å². The van der Waals surface area contributed by atoms with Crippen molar-refractivity contribution in [2.45, 2.75) is 27.7 Å². The summed E-state index contributed by atoms with van der Waals surface area (Å²) in [4.78, 5) is 12.4. The molecule has 0 aliphatic rings. The lowest BCUT2D eigenvalue weighted by molar-refractivity contribution is 0.103. The van der Waals surface area contributed by atoms with Crippen LogP contribution in [0.1, 0.15) is 38.4 Å². The quantitative estimate of drug-likeness (QED) is 0.733. The molecule has 0 unspecified atom stereocenters. The Morgan fingerprint density at radius 3 is 2.12 bits per heavy atom. The Labute approximate surface area is 101 Å². The molecule has 2 rings (SSSR count). The van der Waals surface area contributed by atoms with Crippen LogP contribution in [0.2, 0.25) is 0 Å². The lowest BCUT2D eigenvalue weighted by Gasteiger charge is -2.09. The number of hydrogen-bond acceptors (Lipinski definition) is 2. The summed E-state index contributed by atoms with van der Waals surface area (Å²) in [5.74, 6) is 0.723. The molecule has 1 aromatic heterocycles. The van der Waals surface area contributed by atoms with Gasteiger partial charge in [0.15, 0.2) is 5.78 Å². The van der Waals surface area contributed by atoms with Crippen molar-refractivity contribution in [3.8, 4) is 0 Å². The largest absolute Gasteiger partial charge is 0.469 e. The Balaban J connectivity index is 2.56. The molecule has 2 nitrogen and oxygen atoms in total. The minimum Gasteiger partial charge on any atom is -0.469 e. The van der Waals surface area contributed by atoms with Gasteiger partial charge in [-0.1, -0.05) is 17.7 Å². The molecular weight excluding hydrogens is 212 g/mol. The molecule has 2 heteroatoms. The molecule has 0 aliphatic carbocycles. The molecule has 0 N–H and O–H groups in total. The highest BCUT2D eigenvalue weighted by molar-refractivity contribution is 6.11. The Bertz CT molecular complexity index is 553. The summed E-state index contributed by atoms with van der Waals surface area (Å²) in [6.07, 6.45) is 1.56. The highest BCUT2D eigenvalue weighted by Crippen LogP contribution is 2.22. The Kier molecular flexibility index (Phi) is 2.88. The van der Waals surface area contributed by atoms with Crippen LogP contribution >= 0.6 is 0 Å². The molecule has 2 aromatic rings. The molecule has 1 aromatic carbocycles. The summed E-state index contributed by atoms with van der Waals surface area (Å²) in [7, 11) is 0. The van der Waals surface area contributed by atoms with Crippen LogP contribution in [0.3, 0.4) is 0 Å². The number of benzene rings is 1. The van der Waals surface area contributed by atoms with E-state index in [1.54, 1.807) is 12.3 Å². The van der Waals surface area contributed by atoms with E-state index in [2.05, 4.69) is 0 Å². The Morgan fingerprint density at radius 2 is 1.65 bits per heavy atom. The van der Waals surface area contributed by atoms with Crippen molar-refractivity contribution < 1.29 is 9.21 Å². The van der Waals surface area contributed by atoms with Crippen molar-refractivity contribution in [1.82, 2.24) is 0 Å². The van der Waals surface area contributed by atoms with Crippen molar-refractivity contribution in [2.75, 3.05) is 0 Å². The van der Waals surface area contributed by atoms with Crippen molar-refractivity contribution in [1.29, 1.82) is 0 Å². The van der Waals surface area contributed by atoms with Gasteiger partial charge in [0.2, 0.25) is 0 Å². The van der Waals surface area contributed by atoms with Gasteiger partial charge in [0.05, 0.1) is 11.8 Å². The summed E-state index contributed by atoms with van der Waals surface area (Å²) in [5.41, 5.74) is 4.67. The molecule has 0 saturated carbocycles. The van der Waals surface area contributed by atoms with E-state index in [4.69, 9.17) is 4.42 Å². The molecule has 0 radical (unpaired) electrons. The van der Waals surface area contributed by atoms with Crippen LogP contribution in [-0.2, 0) is 0 Å². The molecule has 0 spiro atoms. The van der Waals surface area contributed by atoms with Crippen molar-refractivity contribution in [2.24, 2.45) is 0 Å². The van der Waals surface area contributed by atoms with Crippen LogP contribution in [0, 0.1) is 27.7 Å². The fraction of sp³-hybridized carbons (Fsp3) is 0.267. The first-order chi connectivity index (χ1) is 8.00. The third-order valence-electron chi connectivity index (χ3n) is 3.01. The second-order valence-electron chi connectivity index (χ2n) is 4.49. The van der Waals surface area contributed by atoms with Gasteiger partial charge in [-0.25, -0.2) is 0 Å². The maximum Gasteiger partial charge on any atom is 0.197 e. The number of carbonyl (C=O) groups excluding carboxylic acids is 1. The van der Waals surface area contributed by atoms with Crippen molar-refractivity contribution in [3.05, 3.63) is 58.0 Å². The standard InChI is InChI=1S/C15H16O2/c1-9-7-10(2)14(11(3)8-9)15(16)13-5-6-17-12(13)4/h5-8H,1-4H3. The fourth-order valence-electron chi connectivity index (χ4n) is 2.29. The van der Waals surface area contributed by atoms with E-state index >= 15 is 0 Å². The first-order valence-electron chi connectivity index (χ1n) is 5.67. The second-order valence-corrected chi connectivity index (χ2v) is 4.49. The van der Waals surface area contributed by atoms with Gasteiger partial charge in [0.25, 0.3) is 0 Å².